The van der Waals surface area contributed by atoms with E-state index in [1.54, 1.807) is 25.5 Å². The lowest BCUT2D eigenvalue weighted by molar-refractivity contribution is -0.384. The highest BCUT2D eigenvalue weighted by molar-refractivity contribution is 7.20. The molecule has 29 heavy (non-hydrogen) atoms. The summed E-state index contributed by atoms with van der Waals surface area (Å²) in [4.78, 5) is 23.3. The number of hydrogen-bond donors (Lipinski definition) is 1. The van der Waals surface area contributed by atoms with Crippen LogP contribution >= 0.6 is 11.3 Å². The van der Waals surface area contributed by atoms with Gasteiger partial charge < -0.3 is 4.74 Å². The Morgan fingerprint density at radius 3 is 2.69 bits per heavy atom. The van der Waals surface area contributed by atoms with Gasteiger partial charge in [0.2, 0.25) is 0 Å². The number of nitrogens with zero attached hydrogens (tertiary/aromatic N) is 2. The minimum absolute atomic E-state index is 0.00772. The third kappa shape index (κ3) is 3.65. The van der Waals surface area contributed by atoms with Crippen molar-refractivity contribution in [3.05, 3.63) is 81.2 Å². The Bertz CT molecular complexity index is 1280. The molecule has 0 aliphatic heterocycles. The fourth-order valence-corrected chi connectivity index (χ4v) is 3.99. The highest BCUT2D eigenvalue weighted by atomic mass is 32.1. The molecule has 3 aromatic carbocycles. The van der Waals surface area contributed by atoms with E-state index in [1.165, 1.54) is 23.5 Å². The van der Waals surface area contributed by atoms with Crippen LogP contribution < -0.4 is 10.2 Å². The van der Waals surface area contributed by atoms with Crippen molar-refractivity contribution >= 4 is 50.0 Å². The second kappa shape index (κ2) is 7.69. The van der Waals surface area contributed by atoms with Crippen LogP contribution in [-0.2, 0) is 0 Å². The Balaban J connectivity index is 1.55. The normalized spacial score (nSPS) is 11.2. The lowest BCUT2D eigenvalue weighted by Crippen LogP contribution is -2.16. The van der Waals surface area contributed by atoms with Gasteiger partial charge in [-0.15, -0.1) is 11.3 Å². The van der Waals surface area contributed by atoms with Gasteiger partial charge in [0.1, 0.15) is 5.75 Å². The largest absolute Gasteiger partial charge is 0.496 e. The van der Waals surface area contributed by atoms with Crippen LogP contribution in [0, 0.1) is 10.1 Å². The zero-order valence-corrected chi connectivity index (χ0v) is 16.1. The zero-order chi connectivity index (χ0) is 20.4. The minimum atomic E-state index is -0.458. The van der Waals surface area contributed by atoms with Gasteiger partial charge in [-0.25, -0.2) is 5.43 Å². The molecule has 0 saturated heterocycles. The summed E-state index contributed by atoms with van der Waals surface area (Å²) >= 11 is 1.25. The van der Waals surface area contributed by atoms with Crippen molar-refractivity contribution in [3.8, 4) is 5.75 Å². The number of non-ortho nitro benzene ring substituents is 1. The molecule has 1 aromatic heterocycles. The van der Waals surface area contributed by atoms with E-state index in [9.17, 15) is 14.9 Å². The molecule has 0 spiro atoms. The Hall–Kier alpha value is -3.78. The maximum absolute atomic E-state index is 12.4. The highest BCUT2D eigenvalue weighted by Crippen LogP contribution is 2.29. The van der Waals surface area contributed by atoms with E-state index in [0.717, 1.165) is 26.8 Å². The summed E-state index contributed by atoms with van der Waals surface area (Å²) in [6.07, 6.45) is 1.58. The predicted molar refractivity (Wildman–Crippen MR) is 114 cm³/mol. The third-order valence-corrected chi connectivity index (χ3v) is 5.56. The van der Waals surface area contributed by atoms with Gasteiger partial charge >= 0.3 is 0 Å². The van der Waals surface area contributed by atoms with Gasteiger partial charge in [-0.05, 0) is 29.7 Å². The molecular formula is C21H15N3O4S. The van der Waals surface area contributed by atoms with Crippen molar-refractivity contribution in [2.75, 3.05) is 7.11 Å². The smallest absolute Gasteiger partial charge is 0.281 e. The highest BCUT2D eigenvalue weighted by Gasteiger charge is 2.13. The maximum Gasteiger partial charge on any atom is 0.281 e. The van der Waals surface area contributed by atoms with Crippen molar-refractivity contribution < 1.29 is 14.5 Å². The number of nitro groups is 1. The molecule has 0 fully saturated rings. The molecule has 4 rings (SSSR count). The van der Waals surface area contributed by atoms with Gasteiger partial charge in [-0.1, -0.05) is 24.3 Å². The fourth-order valence-electron chi connectivity index (χ4n) is 3.06. The number of thiophene rings is 1. The third-order valence-electron chi connectivity index (χ3n) is 4.44. The molecule has 0 atom stereocenters. The van der Waals surface area contributed by atoms with E-state index >= 15 is 0 Å². The van der Waals surface area contributed by atoms with Crippen LogP contribution in [-0.4, -0.2) is 24.2 Å². The van der Waals surface area contributed by atoms with Crippen molar-refractivity contribution in [2.45, 2.75) is 0 Å². The Morgan fingerprint density at radius 2 is 1.93 bits per heavy atom. The average Bonchev–Trinajstić information content (AvgIpc) is 3.17. The van der Waals surface area contributed by atoms with Crippen molar-refractivity contribution in [2.24, 2.45) is 5.10 Å². The molecule has 0 aliphatic rings. The van der Waals surface area contributed by atoms with E-state index in [0.29, 0.717) is 10.3 Å². The summed E-state index contributed by atoms with van der Waals surface area (Å²) in [5, 5.41) is 17.5. The minimum Gasteiger partial charge on any atom is -0.496 e. The Morgan fingerprint density at radius 1 is 1.14 bits per heavy atom. The van der Waals surface area contributed by atoms with Gasteiger partial charge in [0.25, 0.3) is 11.6 Å². The molecule has 4 aromatic rings. The van der Waals surface area contributed by atoms with Crippen LogP contribution in [0.3, 0.4) is 0 Å². The topological polar surface area (TPSA) is 93.8 Å². The van der Waals surface area contributed by atoms with Crippen LogP contribution in [0.15, 0.2) is 65.8 Å². The number of hydrazone groups is 1. The first-order valence-electron chi connectivity index (χ1n) is 8.64. The van der Waals surface area contributed by atoms with Gasteiger partial charge in [0.05, 0.1) is 23.1 Å². The first-order chi connectivity index (χ1) is 14.1. The van der Waals surface area contributed by atoms with Gasteiger partial charge in [0, 0.05) is 33.2 Å². The summed E-state index contributed by atoms with van der Waals surface area (Å²) < 4.78 is 6.18. The average molecular weight is 405 g/mol. The summed E-state index contributed by atoms with van der Waals surface area (Å²) in [6.45, 7) is 0. The van der Waals surface area contributed by atoms with Crippen LogP contribution in [0.1, 0.15) is 15.2 Å². The maximum atomic E-state index is 12.4. The molecule has 144 valence electrons. The quantitative estimate of drug-likeness (QED) is 0.295. The van der Waals surface area contributed by atoms with E-state index in [-0.39, 0.29) is 11.6 Å². The molecule has 1 amide bonds. The molecule has 8 heteroatoms. The Kier molecular flexibility index (Phi) is 4.92. The summed E-state index contributed by atoms with van der Waals surface area (Å²) in [7, 11) is 1.62. The number of nitrogens with one attached hydrogen (secondary N) is 1. The number of carbonyl (C=O) groups is 1. The van der Waals surface area contributed by atoms with Crippen molar-refractivity contribution in [3.63, 3.8) is 0 Å². The van der Waals surface area contributed by atoms with Crippen LogP contribution in [0.25, 0.3) is 20.9 Å². The fraction of sp³-hybridized carbons (Fsp3) is 0.0476. The van der Waals surface area contributed by atoms with E-state index in [1.807, 2.05) is 36.4 Å². The number of rotatable bonds is 5. The number of fused-ring (bicyclic) bond motifs is 2. The molecule has 1 N–H and O–H groups in total. The molecule has 7 nitrogen and oxygen atoms in total. The zero-order valence-electron chi connectivity index (χ0n) is 15.3. The van der Waals surface area contributed by atoms with Gasteiger partial charge in [-0.3, -0.25) is 14.9 Å². The summed E-state index contributed by atoms with van der Waals surface area (Å²) in [5.41, 5.74) is 3.35. The molecule has 0 aliphatic carbocycles. The first-order valence-corrected chi connectivity index (χ1v) is 9.45. The molecule has 1 heterocycles. The van der Waals surface area contributed by atoms with Crippen molar-refractivity contribution in [1.82, 2.24) is 5.43 Å². The number of carbonyl (C=O) groups excluding carboxylic acids is 1. The second-order valence-electron chi connectivity index (χ2n) is 6.19. The summed E-state index contributed by atoms with van der Waals surface area (Å²) in [6, 6.07) is 17.6. The summed E-state index contributed by atoms with van der Waals surface area (Å²) in [5.74, 6) is 0.393. The van der Waals surface area contributed by atoms with Crippen LogP contribution in [0.4, 0.5) is 5.69 Å². The molecule has 0 saturated carbocycles. The predicted octanol–water partition coefficient (Wildman–Crippen LogP) is 4.74. The van der Waals surface area contributed by atoms with E-state index < -0.39 is 4.92 Å². The monoisotopic (exact) mass is 405 g/mol. The van der Waals surface area contributed by atoms with Crippen molar-refractivity contribution in [1.29, 1.82) is 0 Å². The molecule has 0 bridgehead atoms. The van der Waals surface area contributed by atoms with Crippen LogP contribution in [0.5, 0.6) is 5.75 Å². The lowest BCUT2D eigenvalue weighted by atomic mass is 10.0. The van der Waals surface area contributed by atoms with E-state index in [4.69, 9.17) is 4.74 Å². The number of hydrogen-bond acceptors (Lipinski definition) is 6. The molecule has 0 unspecified atom stereocenters. The standard InChI is InChI=1S/C21H15N3O4S/c1-28-18-8-6-13(16-4-2-3-5-17(16)18)12-22-23-21(25)20-11-14-10-15(24(26)27)7-9-19(14)29-20/h2-12H,1H3,(H,23,25). The number of ether oxygens (including phenoxy) is 1. The number of benzene rings is 3. The van der Waals surface area contributed by atoms with Crippen LogP contribution in [0.2, 0.25) is 0 Å². The Labute approximate surface area is 169 Å². The number of nitro benzene ring substituents is 1. The number of amides is 1. The van der Waals surface area contributed by atoms with Gasteiger partial charge in [-0.2, -0.15) is 5.10 Å². The molecule has 0 radical (unpaired) electrons. The second-order valence-corrected chi connectivity index (χ2v) is 7.28. The van der Waals surface area contributed by atoms with Gasteiger partial charge in [0.15, 0.2) is 0 Å². The SMILES string of the molecule is COc1ccc(C=NNC(=O)c2cc3cc([N+](=O)[O-])ccc3s2)c2ccccc12. The first kappa shape index (κ1) is 18.6. The molecular weight excluding hydrogens is 390 g/mol. The lowest BCUT2D eigenvalue weighted by Gasteiger charge is -2.07. The number of methoxy groups -OCH3 is 1. The van der Waals surface area contributed by atoms with E-state index in [2.05, 4.69) is 10.5 Å².